The van der Waals surface area contributed by atoms with E-state index in [9.17, 15) is 21.6 Å². The largest absolute Gasteiger partial charge is 0.284 e. The maximum Gasteiger partial charge on any atom is 0.269 e. The molecular formula is C17H18N2O5S2. The van der Waals surface area contributed by atoms with Crippen LogP contribution in [0.2, 0.25) is 0 Å². The quantitative estimate of drug-likeness (QED) is 0.807. The third-order valence-electron chi connectivity index (χ3n) is 3.98. The number of nitrogens with zero attached hydrogens (tertiary/aromatic N) is 1. The van der Waals surface area contributed by atoms with Crippen LogP contribution in [0, 0.1) is 6.92 Å². The van der Waals surface area contributed by atoms with Crippen molar-refractivity contribution >= 4 is 31.6 Å². The van der Waals surface area contributed by atoms with E-state index >= 15 is 0 Å². The van der Waals surface area contributed by atoms with Gasteiger partial charge in [0, 0.05) is 12.2 Å². The molecule has 0 saturated heterocycles. The van der Waals surface area contributed by atoms with Crippen LogP contribution in [-0.4, -0.2) is 39.3 Å². The molecule has 0 aromatic heterocycles. The van der Waals surface area contributed by atoms with Crippen molar-refractivity contribution in [2.45, 2.75) is 18.2 Å². The van der Waals surface area contributed by atoms with E-state index in [0.717, 1.165) is 9.87 Å². The third kappa shape index (κ3) is 3.58. The van der Waals surface area contributed by atoms with E-state index in [1.165, 1.54) is 12.1 Å². The van der Waals surface area contributed by atoms with Gasteiger partial charge in [0.2, 0.25) is 10.0 Å². The van der Waals surface area contributed by atoms with E-state index in [4.69, 9.17) is 0 Å². The fourth-order valence-corrected chi connectivity index (χ4v) is 5.49. The van der Waals surface area contributed by atoms with Crippen molar-refractivity contribution in [3.05, 3.63) is 59.7 Å². The molecule has 138 valence electrons. The number of hydrogen-bond donors (Lipinski definition) is 1. The minimum Gasteiger partial charge on any atom is -0.284 e. The highest BCUT2D eigenvalue weighted by Gasteiger charge is 2.40. The molecule has 9 heteroatoms. The minimum absolute atomic E-state index is 0.000107. The van der Waals surface area contributed by atoms with Crippen molar-refractivity contribution in [3.8, 4) is 0 Å². The zero-order valence-corrected chi connectivity index (χ0v) is 15.7. The number of aryl methyl sites for hydroxylation is 1. The number of sulfonamides is 2. The number of hydrogen-bond acceptors (Lipinski definition) is 5. The number of benzene rings is 2. The zero-order chi connectivity index (χ0) is 18.9. The van der Waals surface area contributed by atoms with E-state index in [0.29, 0.717) is 5.69 Å². The summed E-state index contributed by atoms with van der Waals surface area (Å²) in [7, 11) is -7.56. The van der Waals surface area contributed by atoms with Crippen molar-refractivity contribution in [2.24, 2.45) is 0 Å². The SMILES string of the molecule is Cc1cccc(NS(=O)(=O)CCCN2C(=O)c3ccccc3S2(=O)=O)c1. The van der Waals surface area contributed by atoms with Gasteiger partial charge in [-0.2, -0.15) is 0 Å². The Labute approximate surface area is 152 Å². The highest BCUT2D eigenvalue weighted by molar-refractivity contribution is 7.92. The molecule has 1 heterocycles. The van der Waals surface area contributed by atoms with Crippen LogP contribution in [0.15, 0.2) is 53.4 Å². The number of anilines is 1. The van der Waals surface area contributed by atoms with Crippen molar-refractivity contribution in [1.29, 1.82) is 0 Å². The average Bonchev–Trinajstić information content (AvgIpc) is 2.75. The topological polar surface area (TPSA) is 101 Å². The second-order valence-electron chi connectivity index (χ2n) is 6.02. The van der Waals surface area contributed by atoms with E-state index < -0.39 is 26.0 Å². The monoisotopic (exact) mass is 394 g/mol. The molecule has 2 aromatic carbocycles. The van der Waals surface area contributed by atoms with Crippen LogP contribution >= 0.6 is 0 Å². The number of carbonyl (C=O) groups is 1. The molecular weight excluding hydrogens is 376 g/mol. The molecule has 1 N–H and O–H groups in total. The molecule has 1 aliphatic rings. The second kappa shape index (κ2) is 6.73. The first-order valence-electron chi connectivity index (χ1n) is 7.94. The van der Waals surface area contributed by atoms with Crippen LogP contribution in [0.5, 0.6) is 0 Å². The van der Waals surface area contributed by atoms with Gasteiger partial charge in [0.15, 0.2) is 0 Å². The smallest absolute Gasteiger partial charge is 0.269 e. The lowest BCUT2D eigenvalue weighted by Gasteiger charge is -2.15. The number of amides is 1. The first-order chi connectivity index (χ1) is 12.2. The lowest BCUT2D eigenvalue weighted by molar-refractivity contribution is 0.0871. The zero-order valence-electron chi connectivity index (χ0n) is 14.0. The lowest BCUT2D eigenvalue weighted by Crippen LogP contribution is -2.32. The molecule has 2 aromatic rings. The van der Waals surface area contributed by atoms with Gasteiger partial charge in [-0.3, -0.25) is 9.52 Å². The average molecular weight is 394 g/mol. The van der Waals surface area contributed by atoms with Gasteiger partial charge >= 0.3 is 0 Å². The maximum atomic E-state index is 12.4. The van der Waals surface area contributed by atoms with Gasteiger partial charge < -0.3 is 0 Å². The lowest BCUT2D eigenvalue weighted by atomic mass is 10.2. The summed E-state index contributed by atoms with van der Waals surface area (Å²) >= 11 is 0. The Morgan fingerprint density at radius 1 is 1.08 bits per heavy atom. The highest BCUT2D eigenvalue weighted by Crippen LogP contribution is 2.29. The molecule has 26 heavy (non-hydrogen) atoms. The number of rotatable bonds is 6. The van der Waals surface area contributed by atoms with Crippen molar-refractivity contribution in [3.63, 3.8) is 0 Å². The summed E-state index contributed by atoms with van der Waals surface area (Å²) in [4.78, 5) is 12.2. The number of nitrogens with one attached hydrogen (secondary N) is 1. The van der Waals surface area contributed by atoms with Crippen LogP contribution in [0.1, 0.15) is 22.3 Å². The summed E-state index contributed by atoms with van der Waals surface area (Å²) < 4.78 is 52.4. The van der Waals surface area contributed by atoms with Gasteiger partial charge in [-0.25, -0.2) is 21.1 Å². The number of carbonyl (C=O) groups excluding carboxylic acids is 1. The Kier molecular flexibility index (Phi) is 4.76. The van der Waals surface area contributed by atoms with E-state index in [1.807, 2.05) is 13.0 Å². The Bertz CT molecular complexity index is 1060. The molecule has 0 bridgehead atoms. The van der Waals surface area contributed by atoms with Gasteiger partial charge in [0.05, 0.1) is 11.3 Å². The predicted octanol–water partition coefficient (Wildman–Crippen LogP) is 1.97. The van der Waals surface area contributed by atoms with Gasteiger partial charge in [-0.15, -0.1) is 0 Å². The summed E-state index contributed by atoms with van der Waals surface area (Å²) in [5.74, 6) is -0.916. The molecule has 0 saturated carbocycles. The fraction of sp³-hybridized carbons (Fsp3) is 0.235. The first-order valence-corrected chi connectivity index (χ1v) is 11.0. The Balaban J connectivity index is 1.66. The van der Waals surface area contributed by atoms with Gasteiger partial charge in [0.1, 0.15) is 4.90 Å². The molecule has 0 spiro atoms. The number of fused-ring (bicyclic) bond motifs is 1. The Hall–Kier alpha value is -2.39. The highest BCUT2D eigenvalue weighted by atomic mass is 32.2. The van der Waals surface area contributed by atoms with E-state index in [2.05, 4.69) is 4.72 Å². The van der Waals surface area contributed by atoms with Crippen LogP contribution in [0.4, 0.5) is 5.69 Å². The molecule has 0 radical (unpaired) electrons. The Morgan fingerprint density at radius 2 is 1.81 bits per heavy atom. The van der Waals surface area contributed by atoms with Crippen molar-refractivity contribution < 1.29 is 21.6 Å². The van der Waals surface area contributed by atoms with Crippen LogP contribution in [0.3, 0.4) is 0 Å². The van der Waals surface area contributed by atoms with E-state index in [1.54, 1.807) is 30.3 Å². The summed E-state index contributed by atoms with van der Waals surface area (Å²) in [6.07, 6.45) is 0.000107. The van der Waals surface area contributed by atoms with Crippen LogP contribution in [-0.2, 0) is 20.0 Å². The molecule has 1 amide bonds. The normalized spacial score (nSPS) is 15.7. The summed E-state index contributed by atoms with van der Waals surface area (Å²) in [6, 6.07) is 12.9. The maximum absolute atomic E-state index is 12.4. The first kappa shape index (κ1) is 18.4. The van der Waals surface area contributed by atoms with Gasteiger partial charge in [-0.05, 0) is 43.2 Å². The van der Waals surface area contributed by atoms with Gasteiger partial charge in [0.25, 0.3) is 15.9 Å². The fourth-order valence-electron chi connectivity index (χ4n) is 2.79. The predicted molar refractivity (Wildman–Crippen MR) is 97.9 cm³/mol. The van der Waals surface area contributed by atoms with Crippen LogP contribution < -0.4 is 4.72 Å². The van der Waals surface area contributed by atoms with Crippen LogP contribution in [0.25, 0.3) is 0 Å². The second-order valence-corrected chi connectivity index (χ2v) is 9.70. The molecule has 0 aliphatic carbocycles. The molecule has 1 aliphatic heterocycles. The molecule has 0 atom stereocenters. The Morgan fingerprint density at radius 3 is 2.50 bits per heavy atom. The molecule has 7 nitrogen and oxygen atoms in total. The van der Waals surface area contributed by atoms with E-state index in [-0.39, 0.29) is 29.2 Å². The minimum atomic E-state index is -3.91. The third-order valence-corrected chi connectivity index (χ3v) is 7.19. The molecule has 0 unspecified atom stereocenters. The summed E-state index contributed by atoms with van der Waals surface area (Å²) in [5.41, 5.74) is 1.48. The molecule has 3 rings (SSSR count). The molecule has 0 fully saturated rings. The van der Waals surface area contributed by atoms with Crippen molar-refractivity contribution in [1.82, 2.24) is 4.31 Å². The van der Waals surface area contributed by atoms with Crippen molar-refractivity contribution in [2.75, 3.05) is 17.0 Å². The summed E-state index contributed by atoms with van der Waals surface area (Å²) in [6.45, 7) is 1.66. The standard InChI is InChI=1S/C17H18N2O5S2/c1-13-6-4-7-14(12-13)18-25(21,22)11-5-10-19-17(20)15-8-2-3-9-16(15)26(19,23)24/h2-4,6-9,12,18H,5,10-11H2,1H3. The van der Waals surface area contributed by atoms with Gasteiger partial charge in [-0.1, -0.05) is 24.3 Å². The summed E-state index contributed by atoms with van der Waals surface area (Å²) in [5, 5.41) is 0.